The van der Waals surface area contributed by atoms with Crippen molar-refractivity contribution >= 4 is 22.9 Å². The summed E-state index contributed by atoms with van der Waals surface area (Å²) in [6.07, 6.45) is 1.57. The van der Waals surface area contributed by atoms with Gasteiger partial charge in [0, 0.05) is 11.8 Å². The van der Waals surface area contributed by atoms with Crippen molar-refractivity contribution in [1.82, 2.24) is 4.98 Å². The van der Waals surface area contributed by atoms with Crippen molar-refractivity contribution in [2.45, 2.75) is 6.92 Å². The lowest BCUT2D eigenvalue weighted by Gasteiger charge is -2.03. The first kappa shape index (κ1) is 12.9. The van der Waals surface area contributed by atoms with Crippen molar-refractivity contribution in [3.8, 4) is 6.07 Å². The van der Waals surface area contributed by atoms with E-state index < -0.39 is 0 Å². The molecular formula is C16H11N3O2. The molecule has 0 radical (unpaired) electrons. The fourth-order valence-corrected chi connectivity index (χ4v) is 2.08. The van der Waals surface area contributed by atoms with E-state index in [2.05, 4.69) is 10.3 Å². The van der Waals surface area contributed by atoms with Gasteiger partial charge in [-0.15, -0.1) is 0 Å². The number of rotatable bonds is 2. The lowest BCUT2D eigenvalue weighted by molar-refractivity contribution is 0.102. The van der Waals surface area contributed by atoms with E-state index in [1.807, 2.05) is 19.1 Å². The molecule has 5 nitrogen and oxygen atoms in total. The molecule has 0 bridgehead atoms. The zero-order chi connectivity index (χ0) is 14.8. The Labute approximate surface area is 120 Å². The number of anilines is 1. The van der Waals surface area contributed by atoms with E-state index in [0.29, 0.717) is 16.7 Å². The summed E-state index contributed by atoms with van der Waals surface area (Å²) in [5.74, 6) is -0.202. The number of nitriles is 1. The smallest absolute Gasteiger partial charge is 0.258 e. The number of hydrogen-bond acceptors (Lipinski definition) is 4. The largest absolute Gasteiger partial charge is 0.437 e. The lowest BCUT2D eigenvalue weighted by atomic mass is 10.1. The van der Waals surface area contributed by atoms with E-state index in [1.165, 1.54) is 0 Å². The van der Waals surface area contributed by atoms with Crippen LogP contribution in [0.4, 0.5) is 5.88 Å². The molecule has 1 N–H and O–H groups in total. The van der Waals surface area contributed by atoms with Crippen LogP contribution in [0.1, 0.15) is 21.5 Å². The van der Waals surface area contributed by atoms with E-state index in [0.717, 1.165) is 5.56 Å². The Hall–Kier alpha value is -3.13. The monoisotopic (exact) mass is 277 g/mol. The Balaban J connectivity index is 1.99. The molecular weight excluding hydrogens is 266 g/mol. The van der Waals surface area contributed by atoms with Crippen LogP contribution in [-0.4, -0.2) is 10.9 Å². The van der Waals surface area contributed by atoms with Gasteiger partial charge in [0.25, 0.3) is 5.91 Å². The van der Waals surface area contributed by atoms with Gasteiger partial charge < -0.3 is 4.42 Å². The SMILES string of the molecule is Cc1cccc(C(=O)Nc2oc3cccnc3c2C#N)c1. The van der Waals surface area contributed by atoms with Crippen LogP contribution in [0.2, 0.25) is 0 Å². The molecule has 0 aliphatic carbocycles. The van der Waals surface area contributed by atoms with Crippen LogP contribution >= 0.6 is 0 Å². The molecule has 0 fully saturated rings. The maximum Gasteiger partial charge on any atom is 0.258 e. The fraction of sp³-hybridized carbons (Fsp3) is 0.0625. The molecule has 102 valence electrons. The highest BCUT2D eigenvalue weighted by Crippen LogP contribution is 2.27. The highest BCUT2D eigenvalue weighted by atomic mass is 16.4. The van der Waals surface area contributed by atoms with Gasteiger partial charge in [-0.2, -0.15) is 5.26 Å². The molecule has 3 aromatic rings. The number of carbonyl (C=O) groups excluding carboxylic acids is 1. The first-order valence-corrected chi connectivity index (χ1v) is 6.34. The van der Waals surface area contributed by atoms with Crippen molar-refractivity contribution < 1.29 is 9.21 Å². The Morgan fingerprint density at radius 1 is 1.33 bits per heavy atom. The van der Waals surface area contributed by atoms with Crippen LogP contribution in [0, 0.1) is 18.3 Å². The second-order valence-corrected chi connectivity index (χ2v) is 4.59. The van der Waals surface area contributed by atoms with Gasteiger partial charge >= 0.3 is 0 Å². The van der Waals surface area contributed by atoms with Crippen molar-refractivity contribution in [3.05, 3.63) is 59.3 Å². The van der Waals surface area contributed by atoms with Gasteiger partial charge in [0.15, 0.2) is 5.58 Å². The molecule has 21 heavy (non-hydrogen) atoms. The van der Waals surface area contributed by atoms with Crippen LogP contribution in [-0.2, 0) is 0 Å². The van der Waals surface area contributed by atoms with Crippen molar-refractivity contribution in [2.75, 3.05) is 5.32 Å². The molecule has 0 unspecified atom stereocenters. The summed E-state index contributed by atoms with van der Waals surface area (Å²) in [6.45, 7) is 1.91. The molecule has 1 aromatic carbocycles. The Bertz CT molecular complexity index is 875. The first-order chi connectivity index (χ1) is 10.2. The molecule has 3 rings (SSSR count). The third kappa shape index (κ3) is 2.35. The molecule has 2 aromatic heterocycles. The van der Waals surface area contributed by atoms with E-state index in [4.69, 9.17) is 4.42 Å². The predicted octanol–water partition coefficient (Wildman–Crippen LogP) is 3.26. The number of amides is 1. The molecule has 2 heterocycles. The number of carbonyl (C=O) groups is 1. The molecule has 1 amide bonds. The van der Waals surface area contributed by atoms with Gasteiger partial charge in [0.1, 0.15) is 17.1 Å². The van der Waals surface area contributed by atoms with Crippen molar-refractivity contribution in [3.63, 3.8) is 0 Å². The second-order valence-electron chi connectivity index (χ2n) is 4.59. The number of benzene rings is 1. The fourth-order valence-electron chi connectivity index (χ4n) is 2.08. The third-order valence-corrected chi connectivity index (χ3v) is 3.07. The quantitative estimate of drug-likeness (QED) is 0.779. The minimum Gasteiger partial charge on any atom is -0.437 e. The zero-order valence-corrected chi connectivity index (χ0v) is 11.3. The highest BCUT2D eigenvalue weighted by Gasteiger charge is 2.17. The Morgan fingerprint density at radius 3 is 2.95 bits per heavy atom. The number of pyridine rings is 1. The highest BCUT2D eigenvalue weighted by molar-refractivity contribution is 6.05. The number of aromatic nitrogens is 1. The van der Waals surface area contributed by atoms with Gasteiger partial charge in [0.2, 0.25) is 5.88 Å². The minimum absolute atomic E-state index is 0.123. The average Bonchev–Trinajstić information content (AvgIpc) is 2.84. The van der Waals surface area contributed by atoms with Gasteiger partial charge in [-0.25, -0.2) is 0 Å². The summed E-state index contributed by atoms with van der Waals surface area (Å²) in [5.41, 5.74) is 2.63. The van der Waals surface area contributed by atoms with Crippen molar-refractivity contribution in [1.29, 1.82) is 5.26 Å². The number of furan rings is 1. The molecule has 0 saturated carbocycles. The number of aryl methyl sites for hydroxylation is 1. The predicted molar refractivity (Wildman–Crippen MR) is 77.9 cm³/mol. The number of fused-ring (bicyclic) bond motifs is 1. The summed E-state index contributed by atoms with van der Waals surface area (Å²) >= 11 is 0. The molecule has 5 heteroatoms. The van der Waals surface area contributed by atoms with Gasteiger partial charge in [-0.05, 0) is 31.2 Å². The van der Waals surface area contributed by atoms with Crippen LogP contribution in [0.3, 0.4) is 0 Å². The number of hydrogen-bond donors (Lipinski definition) is 1. The summed E-state index contributed by atoms with van der Waals surface area (Å²) in [6, 6.07) is 12.6. The maximum absolute atomic E-state index is 12.2. The van der Waals surface area contributed by atoms with E-state index >= 15 is 0 Å². The lowest BCUT2D eigenvalue weighted by Crippen LogP contribution is -2.12. The number of nitrogens with one attached hydrogen (secondary N) is 1. The Kier molecular flexibility index (Phi) is 3.13. The summed E-state index contributed by atoms with van der Waals surface area (Å²) in [4.78, 5) is 16.3. The topological polar surface area (TPSA) is 78.9 Å². The molecule has 0 aliphatic rings. The zero-order valence-electron chi connectivity index (χ0n) is 11.3. The second kappa shape index (κ2) is 5.10. The van der Waals surface area contributed by atoms with Crippen LogP contribution in [0.25, 0.3) is 11.1 Å². The van der Waals surface area contributed by atoms with Crippen LogP contribution in [0.5, 0.6) is 0 Å². The third-order valence-electron chi connectivity index (χ3n) is 3.07. The number of nitrogens with zero attached hydrogens (tertiary/aromatic N) is 2. The van der Waals surface area contributed by atoms with Crippen molar-refractivity contribution in [2.24, 2.45) is 0 Å². The summed E-state index contributed by atoms with van der Waals surface area (Å²) < 4.78 is 5.50. The standard InChI is InChI=1S/C16H11N3O2/c1-10-4-2-5-11(8-10)15(20)19-16-12(9-17)14-13(21-16)6-3-7-18-14/h2-8H,1H3,(H,19,20). The normalized spacial score (nSPS) is 10.3. The summed E-state index contributed by atoms with van der Waals surface area (Å²) in [7, 11) is 0. The van der Waals surface area contributed by atoms with Crippen LogP contribution < -0.4 is 5.32 Å². The van der Waals surface area contributed by atoms with E-state index in [1.54, 1.807) is 36.5 Å². The summed E-state index contributed by atoms with van der Waals surface area (Å²) in [5, 5.41) is 11.9. The van der Waals surface area contributed by atoms with E-state index in [9.17, 15) is 10.1 Å². The minimum atomic E-state index is -0.325. The maximum atomic E-state index is 12.2. The molecule has 0 atom stereocenters. The molecule has 0 saturated heterocycles. The average molecular weight is 277 g/mol. The van der Waals surface area contributed by atoms with Gasteiger partial charge in [0.05, 0.1) is 0 Å². The molecule has 0 spiro atoms. The van der Waals surface area contributed by atoms with Gasteiger partial charge in [-0.1, -0.05) is 17.7 Å². The first-order valence-electron chi connectivity index (χ1n) is 6.34. The van der Waals surface area contributed by atoms with E-state index in [-0.39, 0.29) is 17.4 Å². The Morgan fingerprint density at radius 2 is 2.19 bits per heavy atom. The van der Waals surface area contributed by atoms with Gasteiger partial charge in [-0.3, -0.25) is 15.1 Å². The van der Waals surface area contributed by atoms with Crippen LogP contribution in [0.15, 0.2) is 47.0 Å². The molecule has 0 aliphatic heterocycles.